The van der Waals surface area contributed by atoms with Gasteiger partial charge in [-0.25, -0.2) is 0 Å². The Morgan fingerprint density at radius 1 is 1.04 bits per heavy atom. The van der Waals surface area contributed by atoms with Crippen molar-refractivity contribution < 1.29 is 9.90 Å². The van der Waals surface area contributed by atoms with Gasteiger partial charge in [-0.1, -0.05) is 20.3 Å². The highest BCUT2D eigenvalue weighted by molar-refractivity contribution is 5.79. The van der Waals surface area contributed by atoms with Gasteiger partial charge in [-0.05, 0) is 92.3 Å². The highest BCUT2D eigenvalue weighted by atomic mass is 16.3. The minimum absolute atomic E-state index is 0.129. The van der Waals surface area contributed by atoms with E-state index in [9.17, 15) is 9.90 Å². The molecule has 2 nitrogen and oxygen atoms in total. The first-order valence-electron chi connectivity index (χ1n) is 9.96. The lowest BCUT2D eigenvalue weighted by atomic mass is 9.41. The van der Waals surface area contributed by atoms with E-state index in [0.29, 0.717) is 41.0 Å². The molecule has 4 rings (SSSR count). The molecule has 130 valence electrons. The zero-order chi connectivity index (χ0) is 16.5. The third-order valence-corrected chi connectivity index (χ3v) is 9.14. The molecule has 0 heterocycles. The summed E-state index contributed by atoms with van der Waals surface area (Å²) in [6.45, 7) is 7.07. The van der Waals surface area contributed by atoms with Crippen LogP contribution in [0.3, 0.4) is 0 Å². The molecular weight excluding hydrogens is 284 g/mol. The largest absolute Gasteiger partial charge is 0.396 e. The molecular formula is C21H34O2. The van der Waals surface area contributed by atoms with Gasteiger partial charge in [-0.15, -0.1) is 0 Å². The van der Waals surface area contributed by atoms with Crippen molar-refractivity contribution in [2.45, 2.75) is 78.6 Å². The van der Waals surface area contributed by atoms with Crippen molar-refractivity contribution in [1.29, 1.82) is 0 Å². The van der Waals surface area contributed by atoms with Crippen molar-refractivity contribution in [2.24, 2.45) is 39.9 Å². The van der Waals surface area contributed by atoms with Crippen molar-refractivity contribution in [3.8, 4) is 0 Å². The van der Waals surface area contributed by atoms with Gasteiger partial charge in [0.15, 0.2) is 0 Å². The van der Waals surface area contributed by atoms with E-state index in [1.165, 1.54) is 57.8 Å². The van der Waals surface area contributed by atoms with Gasteiger partial charge >= 0.3 is 0 Å². The number of hydrogen-bond acceptors (Lipinski definition) is 2. The van der Waals surface area contributed by atoms with E-state index < -0.39 is 0 Å². The molecule has 1 N–H and O–H groups in total. The number of hydrogen-bond donors (Lipinski definition) is 1. The third kappa shape index (κ3) is 2.06. The average Bonchev–Trinajstić information content (AvgIpc) is 2.78. The molecule has 1 spiro atoms. The average molecular weight is 319 g/mol. The maximum atomic E-state index is 12.1. The second kappa shape index (κ2) is 5.07. The van der Waals surface area contributed by atoms with Crippen LogP contribution in [0.5, 0.6) is 0 Å². The van der Waals surface area contributed by atoms with E-state index in [0.717, 1.165) is 5.92 Å². The van der Waals surface area contributed by atoms with Crippen LogP contribution in [0.1, 0.15) is 78.6 Å². The lowest BCUT2D eigenvalue weighted by molar-refractivity contribution is -0.159. The Morgan fingerprint density at radius 2 is 1.83 bits per heavy atom. The summed E-state index contributed by atoms with van der Waals surface area (Å²) in [5, 5.41) is 10.1. The van der Waals surface area contributed by atoms with E-state index in [2.05, 4.69) is 13.8 Å². The van der Waals surface area contributed by atoms with Gasteiger partial charge < -0.3 is 5.11 Å². The molecule has 0 aliphatic heterocycles. The first kappa shape index (κ1) is 16.1. The fourth-order valence-corrected chi connectivity index (χ4v) is 8.24. The highest BCUT2D eigenvalue weighted by Crippen LogP contribution is 2.72. The lowest BCUT2D eigenvalue weighted by Gasteiger charge is -2.64. The normalized spacial score (nSPS) is 55.1. The molecule has 0 aromatic heterocycles. The summed E-state index contributed by atoms with van der Waals surface area (Å²) in [6.07, 6.45) is 11.5. The monoisotopic (exact) mass is 318 g/mol. The van der Waals surface area contributed by atoms with Crippen molar-refractivity contribution in [3.05, 3.63) is 0 Å². The number of aliphatic hydroxyl groups is 1. The second-order valence-corrected chi connectivity index (χ2v) is 10.1. The second-order valence-electron chi connectivity index (χ2n) is 10.1. The van der Waals surface area contributed by atoms with Gasteiger partial charge in [0.2, 0.25) is 0 Å². The quantitative estimate of drug-likeness (QED) is 0.808. The summed E-state index contributed by atoms with van der Waals surface area (Å²) in [5.74, 6) is 2.95. The summed E-state index contributed by atoms with van der Waals surface area (Å²) >= 11 is 0. The molecule has 0 radical (unpaired) electrons. The molecule has 4 aliphatic rings. The third-order valence-electron chi connectivity index (χ3n) is 9.14. The van der Waals surface area contributed by atoms with Crippen LogP contribution >= 0.6 is 0 Å². The molecule has 4 saturated carbocycles. The highest BCUT2D eigenvalue weighted by Gasteiger charge is 2.64. The van der Waals surface area contributed by atoms with Crippen LogP contribution in [0.4, 0.5) is 0 Å². The van der Waals surface area contributed by atoms with Crippen LogP contribution in [-0.4, -0.2) is 17.5 Å². The minimum atomic E-state index is 0.129. The number of carbonyl (C=O) groups excluding carboxylic acids is 1. The Bertz CT molecular complexity index is 514. The van der Waals surface area contributed by atoms with Crippen LogP contribution in [0, 0.1) is 39.9 Å². The maximum Gasteiger partial charge on any atom is 0.133 e. The lowest BCUT2D eigenvalue weighted by Crippen LogP contribution is -2.57. The fraction of sp³-hybridized carbons (Fsp3) is 0.952. The Morgan fingerprint density at radius 3 is 2.52 bits per heavy atom. The molecule has 0 saturated heterocycles. The molecule has 0 aromatic carbocycles. The first-order valence-corrected chi connectivity index (χ1v) is 9.96. The van der Waals surface area contributed by atoms with Gasteiger partial charge in [0, 0.05) is 12.5 Å². The van der Waals surface area contributed by atoms with Gasteiger partial charge in [0.05, 0.1) is 0 Å². The number of carbonyl (C=O) groups is 1. The number of rotatable bonds is 2. The molecule has 2 bridgehead atoms. The molecule has 2 heteroatoms. The predicted octanol–water partition coefficient (Wildman–Crippen LogP) is 4.60. The van der Waals surface area contributed by atoms with Gasteiger partial charge in [-0.3, -0.25) is 4.79 Å². The molecule has 4 fully saturated rings. The Balaban J connectivity index is 1.69. The standard InChI is InChI=1S/C21H34O2/c1-14(23)16-12-21-10-7-17-19(2,13-22)8-4-9-20(17,3)18(21)6-5-15(16)11-21/h15-18,22H,4-13H2,1-3H3/t15-,16+,17-,18+,19+,20-,21+/m1/s1. The topological polar surface area (TPSA) is 37.3 Å². The van der Waals surface area contributed by atoms with E-state index >= 15 is 0 Å². The summed E-state index contributed by atoms with van der Waals surface area (Å²) in [6, 6.07) is 0. The molecule has 23 heavy (non-hydrogen) atoms. The van der Waals surface area contributed by atoms with Crippen molar-refractivity contribution >= 4 is 5.78 Å². The molecule has 0 amide bonds. The zero-order valence-corrected chi connectivity index (χ0v) is 15.2. The Labute approximate surface area is 141 Å². The minimum Gasteiger partial charge on any atom is -0.396 e. The van der Waals surface area contributed by atoms with Crippen LogP contribution in [0.15, 0.2) is 0 Å². The number of aliphatic hydroxyl groups excluding tert-OH is 1. The van der Waals surface area contributed by atoms with Crippen LogP contribution in [0.2, 0.25) is 0 Å². The van der Waals surface area contributed by atoms with Crippen LogP contribution in [0.25, 0.3) is 0 Å². The van der Waals surface area contributed by atoms with E-state index in [-0.39, 0.29) is 5.41 Å². The van der Waals surface area contributed by atoms with Crippen LogP contribution < -0.4 is 0 Å². The van der Waals surface area contributed by atoms with E-state index in [4.69, 9.17) is 0 Å². The Kier molecular flexibility index (Phi) is 3.55. The van der Waals surface area contributed by atoms with Crippen molar-refractivity contribution in [2.75, 3.05) is 6.61 Å². The number of Topliss-reactive ketones (excluding diaryl/α,β-unsaturated/α-hetero) is 1. The van der Waals surface area contributed by atoms with Crippen molar-refractivity contribution in [1.82, 2.24) is 0 Å². The molecule has 4 aliphatic carbocycles. The molecule has 7 atom stereocenters. The van der Waals surface area contributed by atoms with Crippen molar-refractivity contribution in [3.63, 3.8) is 0 Å². The Hall–Kier alpha value is -0.370. The smallest absolute Gasteiger partial charge is 0.133 e. The van der Waals surface area contributed by atoms with Crippen LogP contribution in [-0.2, 0) is 4.79 Å². The number of ketones is 1. The maximum absolute atomic E-state index is 12.1. The van der Waals surface area contributed by atoms with Gasteiger partial charge in [0.1, 0.15) is 5.78 Å². The van der Waals surface area contributed by atoms with Gasteiger partial charge in [0.25, 0.3) is 0 Å². The SMILES string of the molecule is CC(=O)[C@@H]1C[C@@]23CC[C@@H]4[C@](C)(CO)CCC[C@@]4(C)[C@@H]2CC[C@@H]1C3. The van der Waals surface area contributed by atoms with E-state index in [1.54, 1.807) is 0 Å². The van der Waals surface area contributed by atoms with Gasteiger partial charge in [-0.2, -0.15) is 0 Å². The fourth-order valence-electron chi connectivity index (χ4n) is 8.24. The summed E-state index contributed by atoms with van der Waals surface area (Å²) in [7, 11) is 0. The predicted molar refractivity (Wildman–Crippen MR) is 91.9 cm³/mol. The zero-order valence-electron chi connectivity index (χ0n) is 15.2. The molecule has 0 unspecified atom stereocenters. The summed E-state index contributed by atoms with van der Waals surface area (Å²) in [4.78, 5) is 12.1. The first-order chi connectivity index (χ1) is 10.8. The summed E-state index contributed by atoms with van der Waals surface area (Å²) in [5.41, 5.74) is 0.979. The summed E-state index contributed by atoms with van der Waals surface area (Å²) < 4.78 is 0. The number of fused-ring (bicyclic) bond motifs is 3. The van der Waals surface area contributed by atoms with E-state index in [1.807, 2.05) is 6.92 Å². The molecule has 0 aromatic rings.